The Morgan fingerprint density at radius 1 is 1.67 bits per heavy atom. The highest BCUT2D eigenvalue weighted by molar-refractivity contribution is 9.10. The average Bonchev–Trinajstić information content (AvgIpc) is 2.21. The Balaban J connectivity index is 3.19. The lowest BCUT2D eigenvalue weighted by molar-refractivity contribution is -0.142. The van der Waals surface area contributed by atoms with Crippen LogP contribution in [0.5, 0.6) is 5.75 Å². The third-order valence-corrected chi connectivity index (χ3v) is 2.31. The molecule has 1 rings (SSSR count). The Morgan fingerprint density at radius 2 is 2.27 bits per heavy atom. The number of phenols is 1. The zero-order chi connectivity index (χ0) is 11.6. The lowest BCUT2D eigenvalue weighted by Crippen LogP contribution is -2.22. The summed E-state index contributed by atoms with van der Waals surface area (Å²) >= 11 is 3.03. The lowest BCUT2D eigenvalue weighted by atomic mass is 10.1. The van der Waals surface area contributed by atoms with E-state index in [1.54, 1.807) is 0 Å². The van der Waals surface area contributed by atoms with Gasteiger partial charge in [-0.1, -0.05) is 15.9 Å². The van der Waals surface area contributed by atoms with E-state index in [9.17, 15) is 14.3 Å². The Morgan fingerprint density at radius 3 is 2.80 bits per heavy atom. The second kappa shape index (κ2) is 4.59. The number of carbonyl (C=O) groups excluding carboxylic acids is 1. The van der Waals surface area contributed by atoms with Crippen LogP contribution in [0.15, 0.2) is 16.6 Å². The number of carbonyl (C=O) groups is 1. The summed E-state index contributed by atoms with van der Waals surface area (Å²) in [4.78, 5) is 11.1. The maximum Gasteiger partial charge on any atom is 0.327 e. The summed E-state index contributed by atoms with van der Waals surface area (Å²) in [6.45, 7) is 0. The number of halogens is 2. The van der Waals surface area contributed by atoms with Crippen molar-refractivity contribution in [1.82, 2.24) is 0 Å². The zero-order valence-corrected chi connectivity index (χ0v) is 9.42. The van der Waals surface area contributed by atoms with Gasteiger partial charge in [0, 0.05) is 10.0 Å². The average molecular weight is 278 g/mol. The summed E-state index contributed by atoms with van der Waals surface area (Å²) in [7, 11) is 1.16. The van der Waals surface area contributed by atoms with E-state index in [0.29, 0.717) is 4.47 Å². The standard InChI is InChI=1S/C9H9BrFNO3/c1-15-9(14)7(12)5-2-4(10)3-6(11)8(5)13/h2-3,7,13H,12H2,1H3/t7-/m0/s1. The molecule has 0 saturated heterocycles. The molecule has 0 radical (unpaired) electrons. The molecule has 0 amide bonds. The highest BCUT2D eigenvalue weighted by Crippen LogP contribution is 2.30. The molecular weight excluding hydrogens is 269 g/mol. The number of aromatic hydroxyl groups is 1. The second-order valence-electron chi connectivity index (χ2n) is 2.83. The summed E-state index contributed by atoms with van der Waals surface area (Å²) in [6, 6.07) is 1.23. The summed E-state index contributed by atoms with van der Waals surface area (Å²) in [5, 5.41) is 9.35. The minimum absolute atomic E-state index is 0.0197. The third kappa shape index (κ3) is 2.45. The van der Waals surface area contributed by atoms with Gasteiger partial charge in [-0.2, -0.15) is 0 Å². The van der Waals surface area contributed by atoms with Crippen LogP contribution in [0, 0.1) is 5.82 Å². The summed E-state index contributed by atoms with van der Waals surface area (Å²) < 4.78 is 17.9. The van der Waals surface area contributed by atoms with Gasteiger partial charge in [0.15, 0.2) is 11.6 Å². The van der Waals surface area contributed by atoms with E-state index in [-0.39, 0.29) is 5.56 Å². The van der Waals surface area contributed by atoms with Crippen molar-refractivity contribution < 1.29 is 19.0 Å². The van der Waals surface area contributed by atoms with Crippen molar-refractivity contribution >= 4 is 21.9 Å². The highest BCUT2D eigenvalue weighted by Gasteiger charge is 2.22. The van der Waals surface area contributed by atoms with E-state index in [1.165, 1.54) is 6.07 Å². The van der Waals surface area contributed by atoms with E-state index in [4.69, 9.17) is 5.73 Å². The molecule has 0 aliphatic carbocycles. The van der Waals surface area contributed by atoms with Crippen molar-refractivity contribution in [2.75, 3.05) is 7.11 Å². The van der Waals surface area contributed by atoms with E-state index in [2.05, 4.69) is 20.7 Å². The smallest absolute Gasteiger partial charge is 0.327 e. The molecule has 0 aliphatic heterocycles. The Kier molecular flexibility index (Phi) is 3.65. The van der Waals surface area contributed by atoms with E-state index in [1.807, 2.05) is 0 Å². The molecular formula is C9H9BrFNO3. The van der Waals surface area contributed by atoms with Crippen LogP contribution in [0.25, 0.3) is 0 Å². The number of ether oxygens (including phenoxy) is 1. The molecule has 1 aromatic rings. The van der Waals surface area contributed by atoms with Crippen molar-refractivity contribution in [1.29, 1.82) is 0 Å². The summed E-state index contributed by atoms with van der Waals surface area (Å²) in [5.74, 6) is -2.24. The number of rotatable bonds is 2. The van der Waals surface area contributed by atoms with Crippen LogP contribution < -0.4 is 5.73 Å². The normalized spacial score (nSPS) is 12.3. The van der Waals surface area contributed by atoms with Gasteiger partial charge in [0.05, 0.1) is 7.11 Å². The van der Waals surface area contributed by atoms with Crippen molar-refractivity contribution in [3.8, 4) is 5.75 Å². The van der Waals surface area contributed by atoms with Crippen LogP contribution in [-0.4, -0.2) is 18.2 Å². The number of phenolic OH excluding ortho intramolecular Hbond substituents is 1. The molecule has 0 bridgehead atoms. The van der Waals surface area contributed by atoms with E-state index < -0.39 is 23.6 Å². The van der Waals surface area contributed by atoms with Crippen LogP contribution in [0.1, 0.15) is 11.6 Å². The van der Waals surface area contributed by atoms with Gasteiger partial charge in [-0.3, -0.25) is 4.79 Å². The molecule has 0 fully saturated rings. The molecule has 15 heavy (non-hydrogen) atoms. The molecule has 6 heteroatoms. The molecule has 82 valence electrons. The number of hydrogen-bond donors (Lipinski definition) is 2. The molecule has 0 spiro atoms. The predicted molar refractivity (Wildman–Crippen MR) is 54.7 cm³/mol. The lowest BCUT2D eigenvalue weighted by Gasteiger charge is -2.12. The van der Waals surface area contributed by atoms with Crippen LogP contribution in [-0.2, 0) is 9.53 Å². The van der Waals surface area contributed by atoms with Crippen molar-refractivity contribution in [3.63, 3.8) is 0 Å². The summed E-state index contributed by atoms with van der Waals surface area (Å²) in [5.41, 5.74) is 5.45. The highest BCUT2D eigenvalue weighted by atomic mass is 79.9. The van der Waals surface area contributed by atoms with Crippen LogP contribution in [0.3, 0.4) is 0 Å². The molecule has 0 unspecified atom stereocenters. The predicted octanol–water partition coefficient (Wildman–Crippen LogP) is 1.47. The zero-order valence-electron chi connectivity index (χ0n) is 7.83. The van der Waals surface area contributed by atoms with E-state index in [0.717, 1.165) is 13.2 Å². The minimum Gasteiger partial charge on any atom is -0.505 e. The molecule has 0 aliphatic rings. The fourth-order valence-electron chi connectivity index (χ4n) is 1.08. The third-order valence-electron chi connectivity index (χ3n) is 1.85. The van der Waals surface area contributed by atoms with Gasteiger partial charge in [-0.05, 0) is 12.1 Å². The number of esters is 1. The minimum atomic E-state index is -1.21. The van der Waals surface area contributed by atoms with E-state index >= 15 is 0 Å². The number of hydrogen-bond acceptors (Lipinski definition) is 4. The van der Waals surface area contributed by atoms with Crippen LogP contribution >= 0.6 is 15.9 Å². The maximum absolute atomic E-state index is 13.1. The quantitative estimate of drug-likeness (QED) is 0.803. The molecule has 1 aromatic carbocycles. The second-order valence-corrected chi connectivity index (χ2v) is 3.74. The first-order valence-electron chi connectivity index (χ1n) is 3.98. The first kappa shape index (κ1) is 11.9. The fourth-order valence-corrected chi connectivity index (χ4v) is 1.52. The molecule has 0 saturated carbocycles. The SMILES string of the molecule is COC(=O)[C@@H](N)c1cc(Br)cc(F)c1O. The monoisotopic (exact) mass is 277 g/mol. The molecule has 0 heterocycles. The number of benzene rings is 1. The maximum atomic E-state index is 13.1. The van der Waals surface area contributed by atoms with Crippen molar-refractivity contribution in [3.05, 3.63) is 28.0 Å². The van der Waals surface area contributed by atoms with Gasteiger partial charge in [0.25, 0.3) is 0 Å². The Bertz CT molecular complexity index is 397. The van der Waals surface area contributed by atoms with Gasteiger partial charge in [-0.25, -0.2) is 4.39 Å². The molecule has 1 atom stereocenters. The van der Waals surface area contributed by atoms with Gasteiger partial charge in [-0.15, -0.1) is 0 Å². The fraction of sp³-hybridized carbons (Fsp3) is 0.222. The molecule has 4 nitrogen and oxygen atoms in total. The van der Waals surface area contributed by atoms with Crippen LogP contribution in [0.2, 0.25) is 0 Å². The molecule has 0 aromatic heterocycles. The Hall–Kier alpha value is -1.14. The Labute approximate surface area is 94.0 Å². The molecule has 3 N–H and O–H groups in total. The topological polar surface area (TPSA) is 72.5 Å². The van der Waals surface area contributed by atoms with Gasteiger partial charge in [0.2, 0.25) is 0 Å². The van der Waals surface area contributed by atoms with Gasteiger partial charge >= 0.3 is 5.97 Å². The largest absolute Gasteiger partial charge is 0.505 e. The van der Waals surface area contributed by atoms with Crippen LogP contribution in [0.4, 0.5) is 4.39 Å². The first-order valence-corrected chi connectivity index (χ1v) is 4.78. The number of nitrogens with two attached hydrogens (primary N) is 1. The summed E-state index contributed by atoms with van der Waals surface area (Å²) in [6.07, 6.45) is 0. The van der Waals surface area contributed by atoms with Crippen molar-refractivity contribution in [2.45, 2.75) is 6.04 Å². The first-order chi connectivity index (χ1) is 6.97. The van der Waals surface area contributed by atoms with Gasteiger partial charge in [0.1, 0.15) is 6.04 Å². The number of methoxy groups -OCH3 is 1. The van der Waals surface area contributed by atoms with Crippen molar-refractivity contribution in [2.24, 2.45) is 5.73 Å². The van der Waals surface area contributed by atoms with Gasteiger partial charge < -0.3 is 15.6 Å².